The van der Waals surface area contributed by atoms with Crippen molar-refractivity contribution >= 4 is 17.9 Å². The Labute approximate surface area is 186 Å². The van der Waals surface area contributed by atoms with Crippen molar-refractivity contribution in [3.05, 3.63) is 81.9 Å². The number of fused-ring (bicyclic) bond motifs is 6. The molecule has 5 rings (SSSR count). The minimum absolute atomic E-state index is 0.0850. The van der Waals surface area contributed by atoms with E-state index in [9.17, 15) is 34.8 Å². The van der Waals surface area contributed by atoms with E-state index in [0.717, 1.165) is 6.07 Å². The van der Waals surface area contributed by atoms with E-state index in [1.165, 1.54) is 31.2 Å². The normalized spacial score (nSPS) is 18.5. The molecule has 2 aliphatic rings. The van der Waals surface area contributed by atoms with Gasteiger partial charge in [0.2, 0.25) is 0 Å². The maximum absolute atomic E-state index is 12.9. The second-order valence-corrected chi connectivity index (χ2v) is 7.82. The standard InChI is InChI=1S/C24H16O9/c1-10(21(27)28)18-15(26)9-17-20(19(18)22(29)30)24(14-7-6-11(25)8-16(14)32-17)13-5-3-2-4-12(13)23(31)33-24/h2-10,25-26H,1H3,(H,27,28)(H,29,30). The van der Waals surface area contributed by atoms with Crippen LogP contribution in [0.3, 0.4) is 0 Å². The quantitative estimate of drug-likeness (QED) is 0.441. The number of hydrogen-bond donors (Lipinski definition) is 4. The molecule has 0 fully saturated rings. The predicted molar refractivity (Wildman–Crippen MR) is 111 cm³/mol. The van der Waals surface area contributed by atoms with Gasteiger partial charge in [0, 0.05) is 28.8 Å². The minimum atomic E-state index is -1.81. The van der Waals surface area contributed by atoms with Crippen molar-refractivity contribution in [3.63, 3.8) is 0 Å². The summed E-state index contributed by atoms with van der Waals surface area (Å²) < 4.78 is 11.7. The number of phenolic OH excluding ortho intramolecular Hbond substituents is 2. The summed E-state index contributed by atoms with van der Waals surface area (Å²) in [5.74, 6) is -5.80. The van der Waals surface area contributed by atoms with Gasteiger partial charge in [-0.3, -0.25) is 4.79 Å². The van der Waals surface area contributed by atoms with Crippen molar-refractivity contribution in [1.29, 1.82) is 0 Å². The SMILES string of the molecule is CC(C(=O)O)c1c(O)cc2c(c1C(=O)O)C1(OC(=O)c3ccccc31)c1ccc(O)cc1O2. The lowest BCUT2D eigenvalue weighted by Gasteiger charge is -2.38. The molecule has 0 saturated carbocycles. The Hall–Kier alpha value is -4.53. The number of carboxylic acids is 2. The van der Waals surface area contributed by atoms with Crippen molar-refractivity contribution in [2.24, 2.45) is 0 Å². The van der Waals surface area contributed by atoms with Crippen molar-refractivity contribution < 1.29 is 44.3 Å². The van der Waals surface area contributed by atoms with Gasteiger partial charge in [0.15, 0.2) is 5.60 Å². The van der Waals surface area contributed by atoms with Crippen LogP contribution >= 0.6 is 0 Å². The molecule has 0 bridgehead atoms. The molecule has 2 heterocycles. The largest absolute Gasteiger partial charge is 0.508 e. The van der Waals surface area contributed by atoms with E-state index in [4.69, 9.17) is 9.47 Å². The van der Waals surface area contributed by atoms with Crippen LogP contribution in [-0.4, -0.2) is 38.3 Å². The number of aromatic carboxylic acids is 1. The molecule has 0 radical (unpaired) electrons. The fraction of sp³-hybridized carbons (Fsp3) is 0.125. The first kappa shape index (κ1) is 20.4. The molecule has 166 valence electrons. The van der Waals surface area contributed by atoms with Gasteiger partial charge in [-0.25, -0.2) is 9.59 Å². The van der Waals surface area contributed by atoms with Crippen LogP contribution in [0, 0.1) is 0 Å². The van der Waals surface area contributed by atoms with Crippen LogP contribution in [-0.2, 0) is 15.1 Å². The number of aliphatic carboxylic acids is 1. The van der Waals surface area contributed by atoms with Gasteiger partial charge < -0.3 is 29.9 Å². The summed E-state index contributed by atoms with van der Waals surface area (Å²) >= 11 is 0. The number of aromatic hydroxyl groups is 2. The van der Waals surface area contributed by atoms with E-state index in [1.54, 1.807) is 18.2 Å². The second-order valence-electron chi connectivity index (χ2n) is 7.82. The summed E-state index contributed by atoms with van der Waals surface area (Å²) in [5, 5.41) is 40.4. The molecule has 2 aliphatic heterocycles. The third kappa shape index (κ3) is 2.62. The highest BCUT2D eigenvalue weighted by Crippen LogP contribution is 2.59. The number of benzene rings is 3. The van der Waals surface area contributed by atoms with Crippen molar-refractivity contribution in [2.75, 3.05) is 0 Å². The molecule has 0 saturated heterocycles. The Morgan fingerprint density at radius 3 is 2.39 bits per heavy atom. The average molecular weight is 448 g/mol. The molecule has 3 aromatic carbocycles. The summed E-state index contributed by atoms with van der Waals surface area (Å²) in [4.78, 5) is 37.2. The maximum Gasteiger partial charge on any atom is 0.340 e. The van der Waals surface area contributed by atoms with Gasteiger partial charge in [-0.1, -0.05) is 18.2 Å². The molecule has 33 heavy (non-hydrogen) atoms. The number of hydrogen-bond acceptors (Lipinski definition) is 7. The molecule has 0 amide bonds. The molecule has 2 unspecified atom stereocenters. The van der Waals surface area contributed by atoms with E-state index < -0.39 is 40.7 Å². The number of carboxylic acid groups (broad SMARTS) is 2. The molecule has 9 heteroatoms. The lowest BCUT2D eigenvalue weighted by Crippen LogP contribution is -2.35. The minimum Gasteiger partial charge on any atom is -0.508 e. The summed E-state index contributed by atoms with van der Waals surface area (Å²) in [5.41, 5.74) is -2.04. The molecule has 2 atom stereocenters. The molecule has 0 aromatic heterocycles. The third-order valence-corrected chi connectivity index (χ3v) is 6.02. The molecule has 9 nitrogen and oxygen atoms in total. The lowest BCUT2D eigenvalue weighted by atomic mass is 9.74. The molecule has 0 aliphatic carbocycles. The Bertz CT molecular complexity index is 1390. The van der Waals surface area contributed by atoms with Gasteiger partial charge >= 0.3 is 17.9 Å². The van der Waals surface area contributed by atoms with Crippen LogP contribution in [0.25, 0.3) is 0 Å². The van der Waals surface area contributed by atoms with E-state index in [1.807, 2.05) is 0 Å². The van der Waals surface area contributed by atoms with Crippen molar-refractivity contribution in [1.82, 2.24) is 0 Å². The number of carbonyl (C=O) groups excluding carboxylic acids is 1. The average Bonchev–Trinajstić information content (AvgIpc) is 3.05. The number of esters is 1. The Balaban J connectivity index is 1.98. The highest BCUT2D eigenvalue weighted by molar-refractivity contribution is 6.01. The highest BCUT2D eigenvalue weighted by Gasteiger charge is 2.56. The van der Waals surface area contributed by atoms with Gasteiger partial charge in [0.25, 0.3) is 0 Å². The Morgan fingerprint density at radius 1 is 0.970 bits per heavy atom. The zero-order chi connectivity index (χ0) is 23.7. The monoisotopic (exact) mass is 448 g/mol. The van der Waals surface area contributed by atoms with Gasteiger partial charge in [-0.2, -0.15) is 0 Å². The van der Waals surface area contributed by atoms with E-state index >= 15 is 0 Å². The van der Waals surface area contributed by atoms with E-state index in [0.29, 0.717) is 5.56 Å². The first-order chi connectivity index (χ1) is 15.7. The topological polar surface area (TPSA) is 151 Å². The number of carbonyl (C=O) groups is 3. The second kappa shape index (κ2) is 6.73. The van der Waals surface area contributed by atoms with Crippen LogP contribution in [0.5, 0.6) is 23.0 Å². The fourth-order valence-corrected chi connectivity index (χ4v) is 4.62. The number of ether oxygens (including phenoxy) is 2. The first-order valence-corrected chi connectivity index (χ1v) is 9.87. The van der Waals surface area contributed by atoms with E-state index in [2.05, 4.69) is 0 Å². The zero-order valence-corrected chi connectivity index (χ0v) is 17.0. The molecule has 3 aromatic rings. The van der Waals surface area contributed by atoms with Crippen LogP contribution in [0.4, 0.5) is 0 Å². The molecule has 1 spiro atoms. The summed E-state index contributed by atoms with van der Waals surface area (Å²) in [6, 6.07) is 11.6. The van der Waals surface area contributed by atoms with Crippen molar-refractivity contribution in [3.8, 4) is 23.0 Å². The smallest absolute Gasteiger partial charge is 0.340 e. The van der Waals surface area contributed by atoms with Gasteiger partial charge in [0.05, 0.1) is 22.6 Å². The number of phenols is 2. The highest BCUT2D eigenvalue weighted by atomic mass is 16.6. The summed E-state index contributed by atoms with van der Waals surface area (Å²) in [6.07, 6.45) is 0. The molecular formula is C24H16O9. The van der Waals surface area contributed by atoms with E-state index in [-0.39, 0.29) is 39.5 Å². The van der Waals surface area contributed by atoms with Crippen LogP contribution in [0.1, 0.15) is 55.8 Å². The summed E-state index contributed by atoms with van der Waals surface area (Å²) in [6.45, 7) is 1.24. The fourth-order valence-electron chi connectivity index (χ4n) is 4.62. The van der Waals surface area contributed by atoms with Gasteiger partial charge in [0.1, 0.15) is 23.0 Å². The van der Waals surface area contributed by atoms with Crippen LogP contribution in [0.2, 0.25) is 0 Å². The zero-order valence-electron chi connectivity index (χ0n) is 17.0. The Morgan fingerprint density at radius 2 is 1.70 bits per heavy atom. The maximum atomic E-state index is 12.9. The number of rotatable bonds is 3. The predicted octanol–water partition coefficient (Wildman–Crippen LogP) is 3.55. The van der Waals surface area contributed by atoms with Gasteiger partial charge in [-0.15, -0.1) is 0 Å². The summed E-state index contributed by atoms with van der Waals surface area (Å²) in [7, 11) is 0. The molecule has 4 N–H and O–H groups in total. The Kier molecular flexibility index (Phi) is 4.16. The molecular weight excluding hydrogens is 432 g/mol. The van der Waals surface area contributed by atoms with Crippen LogP contribution in [0.15, 0.2) is 48.5 Å². The van der Waals surface area contributed by atoms with Gasteiger partial charge in [-0.05, 0) is 25.1 Å². The van der Waals surface area contributed by atoms with Crippen molar-refractivity contribution in [2.45, 2.75) is 18.4 Å². The van der Waals surface area contributed by atoms with Crippen LogP contribution < -0.4 is 4.74 Å². The lowest BCUT2D eigenvalue weighted by molar-refractivity contribution is -0.138. The third-order valence-electron chi connectivity index (χ3n) is 6.02. The first-order valence-electron chi connectivity index (χ1n) is 9.87.